The number of carboxylic acids is 1. The molecule has 1 aromatic carbocycles. The molecule has 2 rings (SSSR count). The van der Waals surface area contributed by atoms with Crippen LogP contribution in [0, 0.1) is 5.82 Å². The fraction of sp³-hybridized carbons (Fsp3) is 0.385. The molecule has 0 atom stereocenters. The van der Waals surface area contributed by atoms with E-state index < -0.39 is 11.8 Å². The topological polar surface area (TPSA) is 72.9 Å². The molecule has 1 fully saturated rings. The van der Waals surface area contributed by atoms with Crippen molar-refractivity contribution in [3.05, 3.63) is 28.5 Å². The van der Waals surface area contributed by atoms with Gasteiger partial charge in [0, 0.05) is 30.7 Å². The van der Waals surface area contributed by atoms with E-state index in [0.29, 0.717) is 36.3 Å². The quantitative estimate of drug-likeness (QED) is 0.863. The number of halogens is 2. The van der Waals surface area contributed by atoms with Crippen molar-refractivity contribution in [3.63, 3.8) is 0 Å². The Labute approximate surface area is 129 Å². The first kappa shape index (κ1) is 15.7. The summed E-state index contributed by atoms with van der Waals surface area (Å²) in [6.45, 7) is 1.86. The minimum atomic E-state index is -0.878. The van der Waals surface area contributed by atoms with Crippen LogP contribution in [0.4, 0.5) is 14.9 Å². The molecule has 2 N–H and O–H groups in total. The molecule has 0 unspecified atom stereocenters. The van der Waals surface area contributed by atoms with Gasteiger partial charge in [0.05, 0.1) is 12.2 Å². The van der Waals surface area contributed by atoms with Crippen LogP contribution in [0.25, 0.3) is 0 Å². The number of hydrogen-bond donors (Lipinski definition) is 2. The van der Waals surface area contributed by atoms with Crippen LogP contribution >= 0.6 is 15.9 Å². The van der Waals surface area contributed by atoms with Crippen molar-refractivity contribution in [1.29, 1.82) is 0 Å². The van der Waals surface area contributed by atoms with Crippen molar-refractivity contribution in [1.82, 2.24) is 9.80 Å². The molecular formula is C13H15BrFN3O3. The molecule has 114 valence electrons. The number of carbonyl (C=O) groups is 2. The molecule has 1 aliphatic rings. The van der Waals surface area contributed by atoms with Gasteiger partial charge in [-0.05, 0) is 34.1 Å². The molecule has 0 saturated carbocycles. The number of aliphatic carboxylic acids is 1. The highest BCUT2D eigenvalue weighted by Gasteiger charge is 2.22. The average Bonchev–Trinajstić information content (AvgIpc) is 2.43. The largest absolute Gasteiger partial charge is 0.480 e. The van der Waals surface area contributed by atoms with Gasteiger partial charge in [-0.1, -0.05) is 0 Å². The van der Waals surface area contributed by atoms with Crippen LogP contribution in [0.1, 0.15) is 0 Å². The molecule has 0 radical (unpaired) electrons. The lowest BCUT2D eigenvalue weighted by molar-refractivity contribution is -0.138. The number of nitrogens with one attached hydrogen (secondary N) is 1. The molecule has 0 aliphatic carbocycles. The zero-order valence-corrected chi connectivity index (χ0v) is 12.8. The first-order valence-electron chi connectivity index (χ1n) is 6.41. The molecule has 8 heteroatoms. The van der Waals surface area contributed by atoms with Crippen LogP contribution in [0.15, 0.2) is 22.7 Å². The number of amides is 2. The lowest BCUT2D eigenvalue weighted by Crippen LogP contribution is -2.51. The van der Waals surface area contributed by atoms with E-state index in [0.717, 1.165) is 0 Å². The van der Waals surface area contributed by atoms with E-state index in [2.05, 4.69) is 21.2 Å². The summed E-state index contributed by atoms with van der Waals surface area (Å²) in [5.41, 5.74) is 0.368. The summed E-state index contributed by atoms with van der Waals surface area (Å²) in [6, 6.07) is 3.74. The normalized spacial score (nSPS) is 15.8. The van der Waals surface area contributed by atoms with Crippen molar-refractivity contribution >= 4 is 33.6 Å². The Morgan fingerprint density at radius 2 is 1.95 bits per heavy atom. The highest BCUT2D eigenvalue weighted by Crippen LogP contribution is 2.23. The summed E-state index contributed by atoms with van der Waals surface area (Å²) < 4.78 is 13.8. The maximum Gasteiger partial charge on any atom is 0.321 e. The van der Waals surface area contributed by atoms with Gasteiger partial charge in [-0.3, -0.25) is 9.69 Å². The van der Waals surface area contributed by atoms with E-state index in [4.69, 9.17) is 5.11 Å². The average molecular weight is 360 g/mol. The van der Waals surface area contributed by atoms with Gasteiger partial charge in [0.25, 0.3) is 0 Å². The minimum absolute atomic E-state index is 0.0229. The maximum absolute atomic E-state index is 13.2. The van der Waals surface area contributed by atoms with Gasteiger partial charge in [-0.2, -0.15) is 0 Å². The second-order valence-electron chi connectivity index (χ2n) is 4.71. The van der Waals surface area contributed by atoms with Gasteiger partial charge in [0.15, 0.2) is 0 Å². The van der Waals surface area contributed by atoms with Crippen LogP contribution < -0.4 is 5.32 Å². The summed E-state index contributed by atoms with van der Waals surface area (Å²) in [5, 5.41) is 11.4. The van der Waals surface area contributed by atoms with Gasteiger partial charge in [0.2, 0.25) is 0 Å². The number of hydrogen-bond acceptors (Lipinski definition) is 3. The predicted molar refractivity (Wildman–Crippen MR) is 78.8 cm³/mol. The third-order valence-corrected chi connectivity index (χ3v) is 3.88. The predicted octanol–water partition coefficient (Wildman–Crippen LogP) is 1.82. The summed E-state index contributed by atoms with van der Waals surface area (Å²) in [5.74, 6) is -1.31. The molecule has 0 spiro atoms. The Kier molecular flexibility index (Phi) is 5.13. The number of rotatable bonds is 3. The number of carbonyl (C=O) groups excluding carboxylic acids is 1. The van der Waals surface area contributed by atoms with E-state index in [1.54, 1.807) is 9.80 Å². The first-order chi connectivity index (χ1) is 9.95. The van der Waals surface area contributed by atoms with E-state index in [9.17, 15) is 14.0 Å². The molecule has 1 saturated heterocycles. The fourth-order valence-corrected chi connectivity index (χ4v) is 2.43. The second-order valence-corrected chi connectivity index (χ2v) is 5.57. The lowest BCUT2D eigenvalue weighted by atomic mass is 10.3. The highest BCUT2D eigenvalue weighted by molar-refractivity contribution is 9.10. The number of urea groups is 1. The molecule has 1 heterocycles. The SMILES string of the molecule is O=C(O)CN1CCN(C(=O)Nc2cc(F)ccc2Br)CC1. The summed E-state index contributed by atoms with van der Waals surface area (Å²) in [7, 11) is 0. The molecule has 1 aliphatic heterocycles. The standard InChI is InChI=1S/C13H15BrFN3O3/c14-10-2-1-9(15)7-11(10)16-13(21)18-5-3-17(4-6-18)8-12(19)20/h1-2,7H,3-6,8H2,(H,16,21)(H,19,20). The number of piperazine rings is 1. The monoisotopic (exact) mass is 359 g/mol. The Bertz CT molecular complexity index is 547. The Morgan fingerprint density at radius 3 is 2.57 bits per heavy atom. The number of nitrogens with zero attached hydrogens (tertiary/aromatic N) is 2. The van der Waals surface area contributed by atoms with E-state index >= 15 is 0 Å². The van der Waals surface area contributed by atoms with Crippen molar-refractivity contribution < 1.29 is 19.1 Å². The van der Waals surface area contributed by atoms with Crippen molar-refractivity contribution in [2.24, 2.45) is 0 Å². The van der Waals surface area contributed by atoms with Gasteiger partial charge < -0.3 is 15.3 Å². The number of benzene rings is 1. The van der Waals surface area contributed by atoms with Crippen molar-refractivity contribution in [2.75, 3.05) is 38.0 Å². The highest BCUT2D eigenvalue weighted by atomic mass is 79.9. The van der Waals surface area contributed by atoms with Crippen LogP contribution in [-0.4, -0.2) is 59.6 Å². The third kappa shape index (κ3) is 4.40. The summed E-state index contributed by atoms with van der Waals surface area (Å²) in [6.07, 6.45) is 0. The van der Waals surface area contributed by atoms with Gasteiger partial charge in [-0.25, -0.2) is 9.18 Å². The van der Waals surface area contributed by atoms with Crippen LogP contribution in [0.3, 0.4) is 0 Å². The maximum atomic E-state index is 13.2. The molecule has 6 nitrogen and oxygen atoms in total. The number of anilines is 1. The second kappa shape index (κ2) is 6.86. The van der Waals surface area contributed by atoms with Gasteiger partial charge >= 0.3 is 12.0 Å². The Morgan fingerprint density at radius 1 is 1.29 bits per heavy atom. The minimum Gasteiger partial charge on any atom is -0.480 e. The molecule has 1 aromatic rings. The zero-order valence-electron chi connectivity index (χ0n) is 11.2. The molecule has 0 bridgehead atoms. The molecule has 0 aromatic heterocycles. The Balaban J connectivity index is 1.90. The molecule has 21 heavy (non-hydrogen) atoms. The lowest BCUT2D eigenvalue weighted by Gasteiger charge is -2.33. The van der Waals surface area contributed by atoms with Crippen molar-refractivity contribution in [3.8, 4) is 0 Å². The zero-order chi connectivity index (χ0) is 15.4. The van der Waals surface area contributed by atoms with E-state index in [-0.39, 0.29) is 12.6 Å². The number of carboxylic acid groups (broad SMARTS) is 1. The Hall–Kier alpha value is -1.67. The van der Waals surface area contributed by atoms with Gasteiger partial charge in [0.1, 0.15) is 5.82 Å². The fourth-order valence-electron chi connectivity index (χ4n) is 2.09. The smallest absolute Gasteiger partial charge is 0.321 e. The van der Waals surface area contributed by atoms with E-state index in [1.807, 2.05) is 0 Å². The van der Waals surface area contributed by atoms with Crippen molar-refractivity contribution in [2.45, 2.75) is 0 Å². The van der Waals surface area contributed by atoms with Crippen LogP contribution in [-0.2, 0) is 4.79 Å². The van der Waals surface area contributed by atoms with Gasteiger partial charge in [-0.15, -0.1) is 0 Å². The summed E-state index contributed by atoms with van der Waals surface area (Å²) >= 11 is 3.25. The molecule has 2 amide bonds. The van der Waals surface area contributed by atoms with Crippen LogP contribution in [0.2, 0.25) is 0 Å². The molecular weight excluding hydrogens is 345 g/mol. The first-order valence-corrected chi connectivity index (χ1v) is 7.20. The van der Waals surface area contributed by atoms with E-state index in [1.165, 1.54) is 18.2 Å². The van der Waals surface area contributed by atoms with Crippen LogP contribution in [0.5, 0.6) is 0 Å². The third-order valence-electron chi connectivity index (χ3n) is 3.19. The summed E-state index contributed by atoms with van der Waals surface area (Å²) in [4.78, 5) is 26.1.